The van der Waals surface area contributed by atoms with Crippen molar-refractivity contribution in [1.29, 1.82) is 0 Å². The second-order valence-electron chi connectivity index (χ2n) is 7.05. The molecule has 7 nitrogen and oxygen atoms in total. The van der Waals surface area contributed by atoms with Gasteiger partial charge in [-0.15, -0.1) is 5.10 Å². The van der Waals surface area contributed by atoms with Crippen molar-refractivity contribution in [3.8, 4) is 11.4 Å². The van der Waals surface area contributed by atoms with E-state index in [-0.39, 0.29) is 11.3 Å². The molecule has 2 N–H and O–H groups in total. The second kappa shape index (κ2) is 5.98. The second-order valence-corrected chi connectivity index (χ2v) is 7.05. The molecule has 1 saturated heterocycles. The van der Waals surface area contributed by atoms with Crippen molar-refractivity contribution in [1.82, 2.24) is 25.5 Å². The maximum absolute atomic E-state index is 12.7. The van der Waals surface area contributed by atoms with Crippen LogP contribution in [0.5, 0.6) is 0 Å². The van der Waals surface area contributed by atoms with Crippen LogP contribution in [-0.2, 0) is 4.79 Å². The number of tetrazole rings is 1. The summed E-state index contributed by atoms with van der Waals surface area (Å²) in [5, 5.41) is 18.4. The van der Waals surface area contributed by atoms with Crippen LogP contribution in [0, 0.1) is 5.41 Å². The van der Waals surface area contributed by atoms with E-state index < -0.39 is 0 Å². The monoisotopic (exact) mass is 326 g/mol. The number of hydrogen-bond acceptors (Lipinski definition) is 5. The predicted molar refractivity (Wildman–Crippen MR) is 90.4 cm³/mol. The van der Waals surface area contributed by atoms with E-state index in [0.717, 1.165) is 55.8 Å². The molecule has 126 valence electrons. The van der Waals surface area contributed by atoms with E-state index in [4.69, 9.17) is 0 Å². The van der Waals surface area contributed by atoms with Crippen LogP contribution in [0.25, 0.3) is 11.4 Å². The minimum absolute atomic E-state index is 0.0636. The molecule has 2 aromatic rings. The Kier molecular flexibility index (Phi) is 3.80. The first kappa shape index (κ1) is 15.3. The highest BCUT2D eigenvalue weighted by atomic mass is 16.2. The normalized spacial score (nSPS) is 23.9. The third-order valence-electron chi connectivity index (χ3n) is 4.91. The molecule has 2 heterocycles. The van der Waals surface area contributed by atoms with Gasteiger partial charge in [0.05, 0.1) is 11.5 Å². The van der Waals surface area contributed by atoms with Gasteiger partial charge < -0.3 is 10.6 Å². The average Bonchev–Trinajstić information content (AvgIpc) is 3.32. The standard InChI is InChI=1S/C17H22N6O/c1-17(8-3-9-18-11-17)16(24)19-13-5-2-4-12(10-13)15-20-21-22-23(15)14-6-7-14/h2,4-5,10,14,18H,3,6-9,11H2,1H3,(H,19,24). The zero-order chi connectivity index (χ0) is 16.6. The molecule has 24 heavy (non-hydrogen) atoms. The Morgan fingerprint density at radius 3 is 3.04 bits per heavy atom. The van der Waals surface area contributed by atoms with Crippen molar-refractivity contribution >= 4 is 11.6 Å². The molecule has 1 aromatic heterocycles. The maximum atomic E-state index is 12.7. The molecule has 1 amide bonds. The molecule has 1 atom stereocenters. The Balaban J connectivity index is 1.54. The molecule has 0 bridgehead atoms. The van der Waals surface area contributed by atoms with Gasteiger partial charge in [0.25, 0.3) is 0 Å². The smallest absolute Gasteiger partial charge is 0.231 e. The van der Waals surface area contributed by atoms with Crippen LogP contribution in [0.4, 0.5) is 5.69 Å². The predicted octanol–water partition coefficient (Wildman–Crippen LogP) is 2.00. The zero-order valence-electron chi connectivity index (χ0n) is 13.8. The lowest BCUT2D eigenvalue weighted by Gasteiger charge is -2.32. The first-order valence-corrected chi connectivity index (χ1v) is 8.56. The summed E-state index contributed by atoms with van der Waals surface area (Å²) in [7, 11) is 0. The number of piperidine rings is 1. The summed E-state index contributed by atoms with van der Waals surface area (Å²) in [4.78, 5) is 12.7. The highest BCUT2D eigenvalue weighted by Crippen LogP contribution is 2.37. The molecule has 1 aliphatic carbocycles. The minimum Gasteiger partial charge on any atom is -0.326 e. The number of hydrogen-bond donors (Lipinski definition) is 2. The fraction of sp³-hybridized carbons (Fsp3) is 0.529. The summed E-state index contributed by atoms with van der Waals surface area (Å²) >= 11 is 0. The van der Waals surface area contributed by atoms with Crippen molar-refractivity contribution in [2.75, 3.05) is 18.4 Å². The summed E-state index contributed by atoms with van der Waals surface area (Å²) < 4.78 is 1.88. The first-order valence-electron chi connectivity index (χ1n) is 8.56. The number of nitrogens with one attached hydrogen (secondary N) is 2. The molecule has 1 aromatic carbocycles. The van der Waals surface area contributed by atoms with Gasteiger partial charge in [-0.1, -0.05) is 12.1 Å². The molecule has 0 spiro atoms. The summed E-state index contributed by atoms with van der Waals surface area (Å²) in [6.45, 7) is 3.73. The third-order valence-corrected chi connectivity index (χ3v) is 4.91. The van der Waals surface area contributed by atoms with Gasteiger partial charge >= 0.3 is 0 Å². The van der Waals surface area contributed by atoms with Crippen LogP contribution in [0.3, 0.4) is 0 Å². The molecule has 1 aliphatic heterocycles. The van der Waals surface area contributed by atoms with Gasteiger partial charge in [-0.05, 0) is 61.7 Å². The number of rotatable bonds is 4. The molecule has 0 radical (unpaired) electrons. The van der Waals surface area contributed by atoms with E-state index in [2.05, 4.69) is 26.2 Å². The summed E-state index contributed by atoms with van der Waals surface area (Å²) in [5.41, 5.74) is 1.36. The number of benzene rings is 1. The van der Waals surface area contributed by atoms with Crippen LogP contribution in [0.1, 0.15) is 38.6 Å². The van der Waals surface area contributed by atoms with Crippen LogP contribution >= 0.6 is 0 Å². The average molecular weight is 326 g/mol. The molecule has 1 unspecified atom stereocenters. The lowest BCUT2D eigenvalue weighted by Crippen LogP contribution is -2.46. The summed E-state index contributed by atoms with van der Waals surface area (Å²) in [6.07, 6.45) is 4.19. The Hall–Kier alpha value is -2.28. The molecule has 4 rings (SSSR count). The van der Waals surface area contributed by atoms with E-state index >= 15 is 0 Å². The van der Waals surface area contributed by atoms with Crippen LogP contribution in [0.15, 0.2) is 24.3 Å². The Morgan fingerprint density at radius 1 is 1.42 bits per heavy atom. The molecule has 7 heteroatoms. The molecular formula is C17H22N6O. The van der Waals surface area contributed by atoms with E-state index in [1.807, 2.05) is 35.9 Å². The van der Waals surface area contributed by atoms with E-state index in [1.54, 1.807) is 0 Å². The highest BCUT2D eigenvalue weighted by molar-refractivity contribution is 5.95. The number of carbonyl (C=O) groups is 1. The first-order chi connectivity index (χ1) is 11.7. The maximum Gasteiger partial charge on any atom is 0.231 e. The van der Waals surface area contributed by atoms with Crippen molar-refractivity contribution < 1.29 is 4.79 Å². The van der Waals surface area contributed by atoms with Crippen LogP contribution in [-0.4, -0.2) is 39.2 Å². The largest absolute Gasteiger partial charge is 0.326 e. The Morgan fingerprint density at radius 2 is 2.29 bits per heavy atom. The van der Waals surface area contributed by atoms with Crippen molar-refractivity contribution in [2.45, 2.75) is 38.6 Å². The van der Waals surface area contributed by atoms with Gasteiger partial charge in [0.1, 0.15) is 0 Å². The number of amides is 1. The minimum atomic E-state index is -0.357. The topological polar surface area (TPSA) is 84.7 Å². The van der Waals surface area contributed by atoms with Crippen LogP contribution < -0.4 is 10.6 Å². The van der Waals surface area contributed by atoms with Gasteiger partial charge in [0, 0.05) is 17.8 Å². The quantitative estimate of drug-likeness (QED) is 0.898. The van der Waals surface area contributed by atoms with Crippen molar-refractivity contribution in [3.63, 3.8) is 0 Å². The zero-order valence-corrected chi connectivity index (χ0v) is 13.8. The summed E-state index contributed by atoms with van der Waals surface area (Å²) in [6, 6.07) is 8.18. The van der Waals surface area contributed by atoms with E-state index in [9.17, 15) is 4.79 Å². The van der Waals surface area contributed by atoms with Crippen molar-refractivity contribution in [2.24, 2.45) is 5.41 Å². The highest BCUT2D eigenvalue weighted by Gasteiger charge is 2.34. The summed E-state index contributed by atoms with van der Waals surface area (Å²) in [5.74, 6) is 0.827. The van der Waals surface area contributed by atoms with Gasteiger partial charge in [0.15, 0.2) is 5.82 Å². The van der Waals surface area contributed by atoms with Gasteiger partial charge in [-0.2, -0.15) is 0 Å². The van der Waals surface area contributed by atoms with E-state index in [0.29, 0.717) is 6.04 Å². The fourth-order valence-corrected chi connectivity index (χ4v) is 3.22. The molecule has 1 saturated carbocycles. The van der Waals surface area contributed by atoms with Crippen LogP contribution in [0.2, 0.25) is 0 Å². The SMILES string of the molecule is CC1(C(=O)Nc2cccc(-c3nnnn3C3CC3)c2)CCCNC1. The third kappa shape index (κ3) is 2.91. The van der Waals surface area contributed by atoms with E-state index in [1.165, 1.54) is 0 Å². The molecular weight excluding hydrogens is 304 g/mol. The number of carbonyl (C=O) groups excluding carboxylic acids is 1. The Labute approximate surface area is 140 Å². The fourth-order valence-electron chi connectivity index (χ4n) is 3.22. The van der Waals surface area contributed by atoms with Gasteiger partial charge in [-0.25, -0.2) is 4.68 Å². The number of nitrogens with zero attached hydrogens (tertiary/aromatic N) is 4. The van der Waals surface area contributed by atoms with Gasteiger partial charge in [-0.3, -0.25) is 4.79 Å². The lowest BCUT2D eigenvalue weighted by atomic mass is 9.82. The van der Waals surface area contributed by atoms with Gasteiger partial charge in [0.2, 0.25) is 5.91 Å². The number of anilines is 1. The Bertz CT molecular complexity index is 745. The molecule has 2 aliphatic rings. The number of aromatic nitrogens is 4. The van der Waals surface area contributed by atoms with Crippen molar-refractivity contribution in [3.05, 3.63) is 24.3 Å². The lowest BCUT2D eigenvalue weighted by molar-refractivity contribution is -0.125. The molecule has 2 fully saturated rings.